The van der Waals surface area contributed by atoms with Crippen LogP contribution in [0.4, 0.5) is 11.6 Å². The topological polar surface area (TPSA) is 107 Å². The molecule has 0 aliphatic carbocycles. The lowest BCUT2D eigenvalue weighted by Gasteiger charge is -2.22. The second-order valence-electron chi connectivity index (χ2n) is 8.15. The number of methoxy groups -OCH3 is 1. The average Bonchev–Trinajstić information content (AvgIpc) is 3.09. The van der Waals surface area contributed by atoms with Crippen LogP contribution in [-0.4, -0.2) is 36.5 Å². The predicted octanol–water partition coefficient (Wildman–Crippen LogP) is 3.29. The van der Waals surface area contributed by atoms with Crippen LogP contribution in [0.5, 0.6) is 5.75 Å². The summed E-state index contributed by atoms with van der Waals surface area (Å²) in [6, 6.07) is 12.8. The smallest absolute Gasteiger partial charge is 0.278 e. The molecule has 2 N–H and O–H groups in total. The fourth-order valence-electron chi connectivity index (χ4n) is 3.92. The standard InChI is InChI=1S/C24H24N6O3/c1-24(32)13-4-3-5-14-29-22(31)18-15-25-23(26-16-9-11-17(33-2)12-10-16)28-21(18)30(29)20-8-6-7-19(24)27-20/h3,5-12,15,32H,4,13-14H2,1-2H3,(H,25,26,28)/b5-3-. The number of allylic oxidation sites excluding steroid dienone is 2. The van der Waals surface area contributed by atoms with Crippen LogP contribution >= 0.6 is 0 Å². The maximum Gasteiger partial charge on any atom is 0.278 e. The number of aliphatic hydroxyl groups is 1. The summed E-state index contributed by atoms with van der Waals surface area (Å²) in [5, 5.41) is 14.5. The zero-order chi connectivity index (χ0) is 23.0. The Labute approximate surface area is 190 Å². The largest absolute Gasteiger partial charge is 0.497 e. The van der Waals surface area contributed by atoms with Crippen molar-refractivity contribution in [3.63, 3.8) is 0 Å². The molecule has 168 valence electrons. The highest BCUT2D eigenvalue weighted by Crippen LogP contribution is 2.27. The fourth-order valence-corrected chi connectivity index (χ4v) is 3.92. The van der Waals surface area contributed by atoms with E-state index in [-0.39, 0.29) is 5.56 Å². The Balaban J connectivity index is 1.66. The lowest BCUT2D eigenvalue weighted by atomic mass is 9.95. The van der Waals surface area contributed by atoms with E-state index in [2.05, 4.69) is 15.3 Å². The lowest BCUT2D eigenvalue weighted by Crippen LogP contribution is -2.24. The second kappa shape index (κ2) is 8.18. The molecule has 4 aromatic rings. The minimum atomic E-state index is -1.09. The van der Waals surface area contributed by atoms with Crippen LogP contribution in [0.2, 0.25) is 0 Å². The van der Waals surface area contributed by atoms with E-state index < -0.39 is 5.60 Å². The third-order valence-corrected chi connectivity index (χ3v) is 5.77. The van der Waals surface area contributed by atoms with E-state index in [1.807, 2.05) is 42.5 Å². The molecule has 2 bridgehead atoms. The van der Waals surface area contributed by atoms with Crippen molar-refractivity contribution in [2.75, 3.05) is 12.4 Å². The van der Waals surface area contributed by atoms with E-state index >= 15 is 0 Å². The summed E-state index contributed by atoms with van der Waals surface area (Å²) < 4.78 is 8.47. The van der Waals surface area contributed by atoms with Crippen molar-refractivity contribution in [1.29, 1.82) is 0 Å². The van der Waals surface area contributed by atoms with Gasteiger partial charge in [0.15, 0.2) is 11.5 Å². The van der Waals surface area contributed by atoms with Gasteiger partial charge in [-0.25, -0.2) is 19.3 Å². The minimum Gasteiger partial charge on any atom is -0.497 e. The number of benzene rings is 1. The molecule has 4 heterocycles. The zero-order valence-corrected chi connectivity index (χ0v) is 18.4. The van der Waals surface area contributed by atoms with Gasteiger partial charge in [-0.3, -0.25) is 4.79 Å². The molecule has 0 radical (unpaired) electrons. The molecular weight excluding hydrogens is 420 g/mol. The van der Waals surface area contributed by atoms with Gasteiger partial charge in [-0.05, 0) is 56.2 Å². The molecule has 5 rings (SSSR count). The summed E-state index contributed by atoms with van der Waals surface area (Å²) in [5.74, 6) is 1.60. The van der Waals surface area contributed by atoms with Crippen LogP contribution in [0.3, 0.4) is 0 Å². The molecule has 1 atom stereocenters. The Hall–Kier alpha value is -3.98. The maximum absolute atomic E-state index is 13.2. The Morgan fingerprint density at radius 1 is 1.12 bits per heavy atom. The molecule has 0 amide bonds. The van der Waals surface area contributed by atoms with Gasteiger partial charge in [-0.2, -0.15) is 4.98 Å². The van der Waals surface area contributed by atoms with Crippen molar-refractivity contribution >= 4 is 22.7 Å². The molecule has 0 fully saturated rings. The monoisotopic (exact) mass is 444 g/mol. The summed E-state index contributed by atoms with van der Waals surface area (Å²) in [7, 11) is 1.61. The third kappa shape index (κ3) is 3.87. The normalized spacial score (nSPS) is 18.9. The minimum absolute atomic E-state index is 0.205. The van der Waals surface area contributed by atoms with E-state index in [0.717, 1.165) is 11.4 Å². The number of hydrogen-bond donors (Lipinski definition) is 2. The molecule has 1 aliphatic heterocycles. The van der Waals surface area contributed by atoms with Crippen LogP contribution < -0.4 is 15.6 Å². The van der Waals surface area contributed by atoms with Crippen LogP contribution in [0.15, 0.2) is 65.6 Å². The first kappa shape index (κ1) is 20.9. The molecule has 33 heavy (non-hydrogen) atoms. The van der Waals surface area contributed by atoms with Crippen molar-refractivity contribution in [3.8, 4) is 11.6 Å². The average molecular weight is 444 g/mol. The van der Waals surface area contributed by atoms with E-state index in [0.29, 0.717) is 47.9 Å². The first-order valence-electron chi connectivity index (χ1n) is 10.7. The number of pyridine rings is 1. The molecule has 9 heteroatoms. The molecule has 3 aromatic heterocycles. The Morgan fingerprint density at radius 3 is 2.73 bits per heavy atom. The summed E-state index contributed by atoms with van der Waals surface area (Å²) in [5.41, 5.74) is 0.469. The van der Waals surface area contributed by atoms with Gasteiger partial charge in [0, 0.05) is 11.9 Å². The fraction of sp³-hybridized carbons (Fsp3) is 0.250. The molecular formula is C24H24N6O3. The lowest BCUT2D eigenvalue weighted by molar-refractivity contribution is 0.0443. The van der Waals surface area contributed by atoms with E-state index in [1.165, 1.54) is 6.20 Å². The van der Waals surface area contributed by atoms with Gasteiger partial charge in [-0.15, -0.1) is 0 Å². The highest BCUT2D eigenvalue weighted by molar-refractivity contribution is 5.77. The molecule has 9 nitrogen and oxygen atoms in total. The number of nitrogens with one attached hydrogen (secondary N) is 1. The van der Waals surface area contributed by atoms with E-state index in [9.17, 15) is 9.90 Å². The van der Waals surface area contributed by atoms with E-state index in [1.54, 1.807) is 35.5 Å². The predicted molar refractivity (Wildman–Crippen MR) is 125 cm³/mol. The van der Waals surface area contributed by atoms with Crippen molar-refractivity contribution in [2.45, 2.75) is 31.9 Å². The Kier molecular flexibility index (Phi) is 5.18. The molecule has 0 saturated heterocycles. The molecule has 1 aromatic carbocycles. The number of ether oxygens (including phenoxy) is 1. The number of nitrogens with zero attached hydrogens (tertiary/aromatic N) is 5. The highest BCUT2D eigenvalue weighted by Gasteiger charge is 2.26. The molecule has 1 aliphatic rings. The van der Waals surface area contributed by atoms with Crippen molar-refractivity contribution < 1.29 is 9.84 Å². The van der Waals surface area contributed by atoms with Gasteiger partial charge in [-0.1, -0.05) is 18.2 Å². The summed E-state index contributed by atoms with van der Waals surface area (Å²) in [6.07, 6.45) is 6.62. The van der Waals surface area contributed by atoms with Gasteiger partial charge in [0.25, 0.3) is 5.56 Å². The Bertz CT molecular complexity index is 1400. The highest BCUT2D eigenvalue weighted by atomic mass is 16.5. The zero-order valence-electron chi connectivity index (χ0n) is 18.4. The van der Waals surface area contributed by atoms with Gasteiger partial charge in [0.2, 0.25) is 5.95 Å². The van der Waals surface area contributed by atoms with Crippen molar-refractivity contribution in [1.82, 2.24) is 24.3 Å². The van der Waals surface area contributed by atoms with Crippen molar-refractivity contribution in [3.05, 3.63) is 76.9 Å². The van der Waals surface area contributed by atoms with E-state index in [4.69, 9.17) is 9.72 Å². The van der Waals surface area contributed by atoms with Gasteiger partial charge >= 0.3 is 0 Å². The van der Waals surface area contributed by atoms with Crippen LogP contribution in [0, 0.1) is 0 Å². The SMILES string of the molecule is COc1ccc(Nc2ncc3c(=O)n4n(c3n2)-c2cccc(n2)C(C)(O)CC/C=C\C4)cc1. The van der Waals surface area contributed by atoms with Gasteiger partial charge in [0.05, 0.1) is 19.3 Å². The van der Waals surface area contributed by atoms with Crippen LogP contribution in [0.25, 0.3) is 16.9 Å². The number of aromatic nitrogens is 5. The van der Waals surface area contributed by atoms with Gasteiger partial charge in [0.1, 0.15) is 16.7 Å². The second-order valence-corrected chi connectivity index (χ2v) is 8.15. The first-order chi connectivity index (χ1) is 16.0. The third-order valence-electron chi connectivity index (χ3n) is 5.77. The molecule has 0 saturated carbocycles. The Morgan fingerprint density at radius 2 is 1.94 bits per heavy atom. The summed E-state index contributed by atoms with van der Waals surface area (Å²) >= 11 is 0. The number of anilines is 2. The summed E-state index contributed by atoms with van der Waals surface area (Å²) in [4.78, 5) is 26.9. The van der Waals surface area contributed by atoms with Gasteiger partial charge < -0.3 is 15.2 Å². The quantitative estimate of drug-likeness (QED) is 0.467. The first-order valence-corrected chi connectivity index (χ1v) is 10.7. The number of rotatable bonds is 3. The maximum atomic E-state index is 13.2. The van der Waals surface area contributed by atoms with Crippen LogP contribution in [0.1, 0.15) is 25.5 Å². The number of fused-ring (bicyclic) bond motifs is 6. The summed E-state index contributed by atoms with van der Waals surface area (Å²) in [6.45, 7) is 2.11. The molecule has 1 unspecified atom stereocenters. The number of hydrogen-bond acceptors (Lipinski definition) is 7. The molecule has 0 spiro atoms. The van der Waals surface area contributed by atoms with Crippen LogP contribution in [-0.2, 0) is 12.1 Å². The van der Waals surface area contributed by atoms with Crippen molar-refractivity contribution in [2.24, 2.45) is 0 Å².